The van der Waals surface area contributed by atoms with Gasteiger partial charge in [0, 0.05) is 17.9 Å². The van der Waals surface area contributed by atoms with Gasteiger partial charge in [-0.3, -0.25) is 14.5 Å². The van der Waals surface area contributed by atoms with Crippen LogP contribution in [0, 0.1) is 5.82 Å². The molecule has 3 rings (SSSR count). The predicted molar refractivity (Wildman–Crippen MR) is 105 cm³/mol. The largest absolute Gasteiger partial charge is 0.323 e. The standard InChI is InChI=1S/C18H15BrFN3O2S/c1-23-16(24)10-15(17(25)22-14-5-3-2-4-13(14)20)26-18(23)21-12-8-6-11(19)7-9-12/h2-9,15H,10H2,1H3,(H,22,25)/t15-/m1/s1. The van der Waals surface area contributed by atoms with Crippen LogP contribution in [0.2, 0.25) is 0 Å². The quantitative estimate of drug-likeness (QED) is 0.786. The number of carbonyl (C=O) groups excluding carboxylic acids is 2. The minimum absolute atomic E-state index is 0.0286. The summed E-state index contributed by atoms with van der Waals surface area (Å²) in [5.74, 6) is -1.16. The molecular weight excluding hydrogens is 421 g/mol. The summed E-state index contributed by atoms with van der Waals surface area (Å²) < 4.78 is 14.6. The average Bonchev–Trinajstić information content (AvgIpc) is 2.62. The van der Waals surface area contributed by atoms with Gasteiger partial charge in [-0.15, -0.1) is 0 Å². The maximum atomic E-state index is 13.7. The number of carbonyl (C=O) groups is 2. The molecule has 0 unspecified atom stereocenters. The number of thioether (sulfide) groups is 1. The van der Waals surface area contributed by atoms with Crippen LogP contribution in [0.25, 0.3) is 0 Å². The second kappa shape index (κ2) is 8.01. The fraction of sp³-hybridized carbons (Fsp3) is 0.167. The number of nitrogens with one attached hydrogen (secondary N) is 1. The van der Waals surface area contributed by atoms with Gasteiger partial charge in [0.25, 0.3) is 0 Å². The number of hydrogen-bond acceptors (Lipinski definition) is 4. The molecule has 0 spiro atoms. The molecule has 8 heteroatoms. The second-order valence-electron chi connectivity index (χ2n) is 5.60. The van der Waals surface area contributed by atoms with Gasteiger partial charge >= 0.3 is 0 Å². The zero-order valence-corrected chi connectivity index (χ0v) is 16.2. The van der Waals surface area contributed by atoms with Crippen molar-refractivity contribution in [3.05, 3.63) is 58.8 Å². The van der Waals surface area contributed by atoms with E-state index in [1.807, 2.05) is 12.1 Å². The van der Waals surface area contributed by atoms with E-state index in [0.717, 1.165) is 4.47 Å². The Morgan fingerprint density at radius 2 is 1.96 bits per heavy atom. The molecule has 0 bridgehead atoms. The monoisotopic (exact) mass is 435 g/mol. The molecule has 1 atom stereocenters. The molecule has 26 heavy (non-hydrogen) atoms. The minimum Gasteiger partial charge on any atom is -0.323 e. The van der Waals surface area contributed by atoms with Gasteiger partial charge < -0.3 is 5.32 Å². The third-order valence-electron chi connectivity index (χ3n) is 3.74. The summed E-state index contributed by atoms with van der Waals surface area (Å²) >= 11 is 4.54. The molecule has 1 aliphatic heterocycles. The lowest BCUT2D eigenvalue weighted by Gasteiger charge is -2.28. The van der Waals surface area contributed by atoms with Gasteiger partial charge in [0.1, 0.15) is 11.1 Å². The summed E-state index contributed by atoms with van der Waals surface area (Å²) in [5, 5.41) is 2.29. The average molecular weight is 436 g/mol. The van der Waals surface area contributed by atoms with Gasteiger partial charge in [-0.25, -0.2) is 9.38 Å². The highest BCUT2D eigenvalue weighted by molar-refractivity contribution is 9.10. The zero-order chi connectivity index (χ0) is 18.7. The van der Waals surface area contributed by atoms with E-state index in [1.165, 1.54) is 28.8 Å². The topological polar surface area (TPSA) is 61.8 Å². The number of nitrogens with zero attached hydrogens (tertiary/aromatic N) is 2. The maximum absolute atomic E-state index is 13.7. The summed E-state index contributed by atoms with van der Waals surface area (Å²) in [6.07, 6.45) is 0.0286. The fourth-order valence-corrected chi connectivity index (χ4v) is 3.63. The zero-order valence-electron chi connectivity index (χ0n) is 13.8. The van der Waals surface area contributed by atoms with Gasteiger partial charge in [0.05, 0.1) is 11.4 Å². The molecule has 1 heterocycles. The van der Waals surface area contributed by atoms with E-state index in [4.69, 9.17) is 0 Å². The van der Waals surface area contributed by atoms with Gasteiger partial charge in [-0.1, -0.05) is 39.8 Å². The Labute approximate surface area is 162 Å². The van der Waals surface area contributed by atoms with Gasteiger partial charge in [0.2, 0.25) is 11.8 Å². The summed E-state index contributed by atoms with van der Waals surface area (Å²) in [6.45, 7) is 0. The highest BCUT2D eigenvalue weighted by Crippen LogP contribution is 2.29. The summed E-state index contributed by atoms with van der Waals surface area (Å²) in [5.41, 5.74) is 0.765. The first-order valence-electron chi connectivity index (χ1n) is 7.77. The van der Waals surface area contributed by atoms with Crippen LogP contribution in [0.15, 0.2) is 58.0 Å². The molecule has 5 nitrogen and oxygen atoms in total. The Morgan fingerprint density at radius 3 is 2.65 bits per heavy atom. The third kappa shape index (κ3) is 4.31. The molecule has 0 saturated carbocycles. The van der Waals surface area contributed by atoms with Crippen LogP contribution in [-0.2, 0) is 9.59 Å². The first-order valence-corrected chi connectivity index (χ1v) is 9.44. The van der Waals surface area contributed by atoms with E-state index >= 15 is 0 Å². The number of rotatable bonds is 3. The van der Waals surface area contributed by atoms with Crippen LogP contribution in [0.1, 0.15) is 6.42 Å². The molecule has 2 aromatic rings. The van der Waals surface area contributed by atoms with Crippen LogP contribution in [-0.4, -0.2) is 34.2 Å². The van der Waals surface area contributed by atoms with Crippen LogP contribution in [0.5, 0.6) is 0 Å². The summed E-state index contributed by atoms with van der Waals surface area (Å²) in [7, 11) is 1.62. The van der Waals surface area contributed by atoms with Crippen LogP contribution >= 0.6 is 27.7 Å². The maximum Gasteiger partial charge on any atom is 0.238 e. The lowest BCUT2D eigenvalue weighted by atomic mass is 10.2. The van der Waals surface area contributed by atoms with Crippen molar-refractivity contribution in [2.45, 2.75) is 11.7 Å². The fourth-order valence-electron chi connectivity index (χ4n) is 2.30. The molecule has 0 aromatic heterocycles. The molecule has 2 amide bonds. The lowest BCUT2D eigenvalue weighted by molar-refractivity contribution is -0.128. The Hall–Kier alpha value is -2.19. The van der Waals surface area contributed by atoms with E-state index in [-0.39, 0.29) is 18.0 Å². The smallest absolute Gasteiger partial charge is 0.238 e. The van der Waals surface area contributed by atoms with Crippen molar-refractivity contribution < 1.29 is 14.0 Å². The number of para-hydroxylation sites is 1. The van der Waals surface area contributed by atoms with Crippen LogP contribution in [0.3, 0.4) is 0 Å². The molecule has 0 radical (unpaired) electrons. The van der Waals surface area contributed by atoms with E-state index < -0.39 is 17.0 Å². The number of halogens is 2. The summed E-state index contributed by atoms with van der Waals surface area (Å²) in [6, 6.07) is 13.2. The number of amidine groups is 1. The number of benzene rings is 2. The van der Waals surface area contributed by atoms with Crippen molar-refractivity contribution >= 4 is 56.0 Å². The van der Waals surface area contributed by atoms with Crippen molar-refractivity contribution in [1.82, 2.24) is 4.90 Å². The van der Waals surface area contributed by atoms with E-state index in [9.17, 15) is 14.0 Å². The minimum atomic E-state index is -0.674. The van der Waals surface area contributed by atoms with Gasteiger partial charge in [-0.2, -0.15) is 0 Å². The number of aliphatic imine (C=N–C) groups is 1. The molecule has 1 aliphatic rings. The number of amides is 2. The SMILES string of the molecule is CN1C(=O)C[C@H](C(=O)Nc2ccccc2F)SC1=Nc1ccc(Br)cc1. The van der Waals surface area contributed by atoms with Crippen molar-refractivity contribution in [2.75, 3.05) is 12.4 Å². The third-order valence-corrected chi connectivity index (χ3v) is 5.51. The van der Waals surface area contributed by atoms with Crippen molar-refractivity contribution in [1.29, 1.82) is 0 Å². The Kier molecular flexibility index (Phi) is 5.73. The summed E-state index contributed by atoms with van der Waals surface area (Å²) in [4.78, 5) is 30.6. The molecular formula is C18H15BrFN3O2S. The molecule has 0 aliphatic carbocycles. The van der Waals surface area contributed by atoms with Crippen LogP contribution < -0.4 is 5.32 Å². The van der Waals surface area contributed by atoms with E-state index in [2.05, 4.69) is 26.2 Å². The number of anilines is 1. The van der Waals surface area contributed by atoms with Crippen molar-refractivity contribution in [3.8, 4) is 0 Å². The molecule has 1 saturated heterocycles. The predicted octanol–water partition coefficient (Wildman–Crippen LogP) is 4.18. The first-order chi connectivity index (χ1) is 12.4. The molecule has 1 N–H and O–H groups in total. The Balaban J connectivity index is 1.79. The lowest BCUT2D eigenvalue weighted by Crippen LogP contribution is -2.43. The normalized spacial score (nSPS) is 18.9. The van der Waals surface area contributed by atoms with Crippen molar-refractivity contribution in [2.24, 2.45) is 4.99 Å². The number of hydrogen-bond donors (Lipinski definition) is 1. The van der Waals surface area contributed by atoms with Gasteiger partial charge in [-0.05, 0) is 36.4 Å². The molecule has 2 aromatic carbocycles. The van der Waals surface area contributed by atoms with Gasteiger partial charge in [0.15, 0.2) is 5.17 Å². The van der Waals surface area contributed by atoms with Crippen LogP contribution in [0.4, 0.5) is 15.8 Å². The molecule has 1 fully saturated rings. The highest BCUT2D eigenvalue weighted by Gasteiger charge is 2.34. The Morgan fingerprint density at radius 1 is 1.27 bits per heavy atom. The first kappa shape index (κ1) is 18.6. The molecule has 134 valence electrons. The second-order valence-corrected chi connectivity index (χ2v) is 7.69. The van der Waals surface area contributed by atoms with Crippen molar-refractivity contribution in [3.63, 3.8) is 0 Å². The van der Waals surface area contributed by atoms with E-state index in [1.54, 1.807) is 31.3 Å². The Bertz CT molecular complexity index is 873. The highest BCUT2D eigenvalue weighted by atomic mass is 79.9. The van der Waals surface area contributed by atoms with E-state index in [0.29, 0.717) is 10.9 Å².